The van der Waals surface area contributed by atoms with Crippen LogP contribution in [0.25, 0.3) is 10.9 Å². The van der Waals surface area contributed by atoms with Gasteiger partial charge in [-0.25, -0.2) is 4.39 Å². The second-order valence-electron chi connectivity index (χ2n) is 7.01. The molecule has 3 aromatic rings. The van der Waals surface area contributed by atoms with E-state index in [9.17, 15) is 9.18 Å². The van der Waals surface area contributed by atoms with Crippen LogP contribution in [0.4, 0.5) is 4.39 Å². The molecule has 0 atom stereocenters. The van der Waals surface area contributed by atoms with E-state index < -0.39 is 0 Å². The lowest BCUT2D eigenvalue weighted by Crippen LogP contribution is -2.36. The molecule has 0 aliphatic heterocycles. The van der Waals surface area contributed by atoms with Crippen LogP contribution in [-0.2, 0) is 6.54 Å². The van der Waals surface area contributed by atoms with Crippen molar-refractivity contribution in [3.63, 3.8) is 0 Å². The maximum atomic E-state index is 13.1. The van der Waals surface area contributed by atoms with Crippen LogP contribution in [0.3, 0.4) is 0 Å². The maximum Gasteiger partial charge on any atom is 0.251 e. The zero-order valence-electron chi connectivity index (χ0n) is 14.6. The molecule has 0 unspecified atom stereocenters. The minimum Gasteiger partial charge on any atom is -0.349 e. The van der Waals surface area contributed by atoms with Gasteiger partial charge in [-0.2, -0.15) is 5.10 Å². The number of fused-ring (bicyclic) bond motifs is 1. The highest BCUT2D eigenvalue weighted by atomic mass is 19.1. The number of rotatable bonds is 4. The summed E-state index contributed by atoms with van der Waals surface area (Å²) in [5.41, 5.74) is 2.53. The number of hydrogen-bond acceptors (Lipinski definition) is 2. The molecule has 0 bridgehead atoms. The second-order valence-corrected chi connectivity index (χ2v) is 7.01. The number of hydrogen-bond donors (Lipinski definition) is 1. The van der Waals surface area contributed by atoms with E-state index in [1.54, 1.807) is 18.3 Å². The first-order valence-electron chi connectivity index (χ1n) is 9.20. The van der Waals surface area contributed by atoms with Crippen molar-refractivity contribution in [3.05, 3.63) is 65.6 Å². The number of nitrogens with zero attached hydrogens (tertiary/aromatic N) is 2. The highest BCUT2D eigenvalue weighted by Crippen LogP contribution is 2.20. The number of halogens is 1. The van der Waals surface area contributed by atoms with E-state index in [4.69, 9.17) is 0 Å². The van der Waals surface area contributed by atoms with E-state index in [1.165, 1.54) is 31.4 Å². The molecule has 5 heteroatoms. The van der Waals surface area contributed by atoms with Gasteiger partial charge >= 0.3 is 0 Å². The van der Waals surface area contributed by atoms with Crippen molar-refractivity contribution in [3.8, 4) is 0 Å². The summed E-state index contributed by atoms with van der Waals surface area (Å²) in [7, 11) is 0. The van der Waals surface area contributed by atoms with Crippen molar-refractivity contribution in [1.29, 1.82) is 0 Å². The standard InChI is InChI=1S/C21H22FN3O/c22-18-10-6-15(7-11-18)14-25-20-12-16(8-9-17(20)13-23-25)21(26)24-19-4-2-1-3-5-19/h6-13,19H,1-5,14H2,(H,24,26). The number of amides is 1. The fraction of sp³-hybridized carbons (Fsp3) is 0.333. The van der Waals surface area contributed by atoms with Gasteiger partial charge in [0.15, 0.2) is 0 Å². The third-order valence-corrected chi connectivity index (χ3v) is 5.09. The summed E-state index contributed by atoms with van der Waals surface area (Å²) in [6.45, 7) is 0.539. The predicted octanol–water partition coefficient (Wildman–Crippen LogP) is 4.29. The average Bonchev–Trinajstić information content (AvgIpc) is 3.06. The largest absolute Gasteiger partial charge is 0.349 e. The summed E-state index contributed by atoms with van der Waals surface area (Å²) in [5, 5.41) is 8.56. The molecule has 1 amide bonds. The smallest absolute Gasteiger partial charge is 0.251 e. The number of benzene rings is 2. The van der Waals surface area contributed by atoms with Crippen molar-refractivity contribution in [2.45, 2.75) is 44.7 Å². The Balaban J connectivity index is 1.55. The second kappa shape index (κ2) is 7.28. The fourth-order valence-corrected chi connectivity index (χ4v) is 3.62. The lowest BCUT2D eigenvalue weighted by molar-refractivity contribution is 0.0928. The minimum absolute atomic E-state index is 0.0201. The Morgan fingerprint density at radius 3 is 2.65 bits per heavy atom. The van der Waals surface area contributed by atoms with Crippen LogP contribution in [0, 0.1) is 5.82 Å². The Bertz CT molecular complexity index is 911. The molecule has 1 aliphatic rings. The Morgan fingerprint density at radius 2 is 1.88 bits per heavy atom. The van der Waals surface area contributed by atoms with Crippen molar-refractivity contribution >= 4 is 16.8 Å². The molecule has 0 spiro atoms. The molecule has 26 heavy (non-hydrogen) atoms. The summed E-state index contributed by atoms with van der Waals surface area (Å²) >= 11 is 0. The minimum atomic E-state index is -0.249. The molecule has 1 saturated carbocycles. The first kappa shape index (κ1) is 16.8. The van der Waals surface area contributed by atoms with Gasteiger partial charge in [0.1, 0.15) is 5.82 Å². The van der Waals surface area contributed by atoms with Crippen LogP contribution in [-0.4, -0.2) is 21.7 Å². The molecule has 4 nitrogen and oxygen atoms in total. The Hall–Kier alpha value is -2.69. The van der Waals surface area contributed by atoms with E-state index in [-0.39, 0.29) is 17.8 Å². The Labute approximate surface area is 152 Å². The fourth-order valence-electron chi connectivity index (χ4n) is 3.62. The van der Waals surface area contributed by atoms with E-state index >= 15 is 0 Å². The lowest BCUT2D eigenvalue weighted by Gasteiger charge is -2.22. The third kappa shape index (κ3) is 3.62. The van der Waals surface area contributed by atoms with E-state index in [2.05, 4.69) is 10.4 Å². The SMILES string of the molecule is O=C(NC1CCCCC1)c1ccc2cnn(Cc3ccc(F)cc3)c2c1. The maximum absolute atomic E-state index is 13.1. The first-order chi connectivity index (χ1) is 12.7. The molecule has 0 radical (unpaired) electrons. The summed E-state index contributed by atoms with van der Waals surface area (Å²) in [5.74, 6) is -0.269. The van der Waals surface area contributed by atoms with Crippen LogP contribution in [0.15, 0.2) is 48.7 Å². The van der Waals surface area contributed by atoms with Crippen molar-refractivity contribution in [2.75, 3.05) is 0 Å². The Morgan fingerprint density at radius 1 is 1.12 bits per heavy atom. The van der Waals surface area contributed by atoms with Crippen LogP contribution < -0.4 is 5.32 Å². The number of aromatic nitrogens is 2. The first-order valence-corrected chi connectivity index (χ1v) is 9.20. The molecule has 2 aromatic carbocycles. The van der Waals surface area contributed by atoms with Gasteiger partial charge in [-0.1, -0.05) is 37.5 Å². The van der Waals surface area contributed by atoms with E-state index in [0.717, 1.165) is 29.3 Å². The van der Waals surface area contributed by atoms with Crippen LogP contribution in [0.2, 0.25) is 0 Å². The highest BCUT2D eigenvalue weighted by molar-refractivity contribution is 5.98. The summed E-state index contributed by atoms with van der Waals surface area (Å²) < 4.78 is 14.9. The van der Waals surface area contributed by atoms with Gasteiger partial charge in [0.25, 0.3) is 5.91 Å². The van der Waals surface area contributed by atoms with Crippen LogP contribution in [0.5, 0.6) is 0 Å². The topological polar surface area (TPSA) is 46.9 Å². The van der Waals surface area contributed by atoms with E-state index in [0.29, 0.717) is 12.1 Å². The average molecular weight is 351 g/mol. The van der Waals surface area contributed by atoms with Crippen LogP contribution in [0.1, 0.15) is 48.0 Å². The van der Waals surface area contributed by atoms with Crippen molar-refractivity contribution in [1.82, 2.24) is 15.1 Å². The molecule has 1 aromatic heterocycles. The molecule has 4 rings (SSSR count). The monoisotopic (exact) mass is 351 g/mol. The molecule has 0 saturated heterocycles. The van der Waals surface area contributed by atoms with Gasteiger partial charge in [-0.3, -0.25) is 9.48 Å². The van der Waals surface area contributed by atoms with Gasteiger partial charge in [-0.05, 0) is 42.7 Å². The zero-order chi connectivity index (χ0) is 17.9. The number of nitrogens with one attached hydrogen (secondary N) is 1. The predicted molar refractivity (Wildman–Crippen MR) is 99.6 cm³/mol. The van der Waals surface area contributed by atoms with Crippen molar-refractivity contribution < 1.29 is 9.18 Å². The normalized spacial score (nSPS) is 15.3. The molecule has 1 aliphatic carbocycles. The van der Waals surface area contributed by atoms with E-state index in [1.807, 2.05) is 22.9 Å². The molecule has 1 fully saturated rings. The van der Waals surface area contributed by atoms with Crippen molar-refractivity contribution in [2.24, 2.45) is 0 Å². The van der Waals surface area contributed by atoms with Gasteiger partial charge in [0.2, 0.25) is 0 Å². The van der Waals surface area contributed by atoms with Gasteiger partial charge < -0.3 is 5.32 Å². The third-order valence-electron chi connectivity index (χ3n) is 5.09. The highest BCUT2D eigenvalue weighted by Gasteiger charge is 2.17. The zero-order valence-corrected chi connectivity index (χ0v) is 14.6. The molecular formula is C21H22FN3O. The number of carbonyl (C=O) groups excluding carboxylic acids is 1. The number of carbonyl (C=O) groups is 1. The molecule has 1 N–H and O–H groups in total. The van der Waals surface area contributed by atoms with Gasteiger partial charge in [0.05, 0.1) is 18.3 Å². The van der Waals surface area contributed by atoms with Gasteiger partial charge in [-0.15, -0.1) is 0 Å². The van der Waals surface area contributed by atoms with Gasteiger partial charge in [0, 0.05) is 17.0 Å². The summed E-state index contributed by atoms with van der Waals surface area (Å²) in [6.07, 6.45) is 7.57. The lowest BCUT2D eigenvalue weighted by atomic mass is 9.95. The summed E-state index contributed by atoms with van der Waals surface area (Å²) in [6, 6.07) is 12.4. The molecular weight excluding hydrogens is 329 g/mol. The van der Waals surface area contributed by atoms with Crippen LogP contribution >= 0.6 is 0 Å². The Kier molecular flexibility index (Phi) is 4.69. The summed E-state index contributed by atoms with van der Waals surface area (Å²) in [4.78, 5) is 12.6. The molecule has 1 heterocycles. The quantitative estimate of drug-likeness (QED) is 0.762. The molecule has 134 valence electrons.